The summed E-state index contributed by atoms with van der Waals surface area (Å²) in [5, 5.41) is 0. The molecule has 1 amide bonds. The molecule has 24 heavy (non-hydrogen) atoms. The van der Waals surface area contributed by atoms with Crippen molar-refractivity contribution in [3.63, 3.8) is 0 Å². The minimum atomic E-state index is -0.285. The molecule has 0 aromatic heterocycles. The number of hydrogen-bond acceptors (Lipinski definition) is 3. The smallest absolute Gasteiger partial charge is 0.235 e. The van der Waals surface area contributed by atoms with Crippen LogP contribution >= 0.6 is 0 Å². The highest BCUT2D eigenvalue weighted by Gasteiger charge is 2.45. The van der Waals surface area contributed by atoms with E-state index in [1.807, 2.05) is 48.5 Å². The zero-order valence-corrected chi connectivity index (χ0v) is 13.4. The number of carbonyl (C=O) groups excluding carboxylic acids is 1. The van der Waals surface area contributed by atoms with E-state index in [1.54, 1.807) is 0 Å². The van der Waals surface area contributed by atoms with Gasteiger partial charge >= 0.3 is 0 Å². The number of amides is 1. The fraction of sp³-hybridized carbons (Fsp3) is 0.350. The number of carbonyl (C=O) groups is 1. The first-order chi connectivity index (χ1) is 11.8. The van der Waals surface area contributed by atoms with E-state index in [2.05, 4.69) is 4.90 Å². The van der Waals surface area contributed by atoms with Gasteiger partial charge in [0.1, 0.15) is 11.5 Å². The first-order valence-corrected chi connectivity index (χ1v) is 8.58. The molecule has 3 aliphatic heterocycles. The molecule has 2 aromatic rings. The van der Waals surface area contributed by atoms with E-state index in [-0.39, 0.29) is 23.9 Å². The highest BCUT2D eigenvalue weighted by atomic mass is 16.5. The number of morpholine rings is 1. The lowest BCUT2D eigenvalue weighted by molar-refractivity contribution is -0.141. The Bertz CT molecular complexity index is 741. The molecule has 5 rings (SSSR count). The molecule has 4 heteroatoms. The molecule has 0 N–H and O–H groups in total. The van der Waals surface area contributed by atoms with Crippen molar-refractivity contribution in [3.05, 3.63) is 59.7 Å². The molecule has 2 aromatic carbocycles. The van der Waals surface area contributed by atoms with Gasteiger partial charge in [-0.25, -0.2) is 0 Å². The van der Waals surface area contributed by atoms with Crippen LogP contribution in [0.3, 0.4) is 0 Å². The minimum absolute atomic E-state index is 0.189. The second kappa shape index (κ2) is 5.35. The Morgan fingerprint density at radius 2 is 1.42 bits per heavy atom. The molecule has 2 bridgehead atoms. The van der Waals surface area contributed by atoms with Crippen LogP contribution < -0.4 is 4.74 Å². The summed E-state index contributed by atoms with van der Waals surface area (Å²) >= 11 is 0. The van der Waals surface area contributed by atoms with Crippen molar-refractivity contribution in [3.8, 4) is 11.5 Å². The van der Waals surface area contributed by atoms with Crippen molar-refractivity contribution in [2.45, 2.75) is 30.8 Å². The number of hydrogen-bond donors (Lipinski definition) is 0. The Morgan fingerprint density at radius 3 is 2.00 bits per heavy atom. The molecule has 2 fully saturated rings. The first-order valence-electron chi connectivity index (χ1n) is 8.58. The lowest BCUT2D eigenvalue weighted by Gasteiger charge is -2.38. The third kappa shape index (κ3) is 1.99. The topological polar surface area (TPSA) is 38.8 Å². The standard InChI is InChI=1S/C20H19NO3/c22-20(21-13-9-10-14(21)12-23-11-13)19-15-5-1-3-7-17(15)24-18-8-4-2-6-16(18)19/h1-8,13-14,19H,9-12H2. The van der Waals surface area contributed by atoms with Crippen molar-refractivity contribution >= 4 is 5.91 Å². The summed E-state index contributed by atoms with van der Waals surface area (Å²) in [4.78, 5) is 15.6. The second-order valence-electron chi connectivity index (χ2n) is 6.78. The maximum atomic E-state index is 13.6. The van der Waals surface area contributed by atoms with Gasteiger partial charge in [0.2, 0.25) is 5.91 Å². The van der Waals surface area contributed by atoms with Gasteiger partial charge in [-0.3, -0.25) is 4.79 Å². The summed E-state index contributed by atoms with van der Waals surface area (Å²) in [7, 11) is 0. The molecule has 2 atom stereocenters. The number of benzene rings is 2. The number of nitrogens with zero attached hydrogens (tertiary/aromatic N) is 1. The van der Waals surface area contributed by atoms with Crippen molar-refractivity contribution in [2.75, 3.05) is 13.2 Å². The van der Waals surface area contributed by atoms with Crippen molar-refractivity contribution in [2.24, 2.45) is 0 Å². The van der Waals surface area contributed by atoms with Crippen LogP contribution in [0.5, 0.6) is 11.5 Å². The molecular weight excluding hydrogens is 302 g/mol. The molecule has 0 radical (unpaired) electrons. The van der Waals surface area contributed by atoms with Crippen LogP contribution in [0.2, 0.25) is 0 Å². The number of para-hydroxylation sites is 2. The van der Waals surface area contributed by atoms with Crippen LogP contribution in [-0.2, 0) is 9.53 Å². The van der Waals surface area contributed by atoms with Crippen LogP contribution in [0.25, 0.3) is 0 Å². The maximum absolute atomic E-state index is 13.6. The molecule has 122 valence electrons. The molecule has 2 saturated heterocycles. The zero-order chi connectivity index (χ0) is 16.1. The maximum Gasteiger partial charge on any atom is 0.235 e. The molecule has 2 unspecified atom stereocenters. The van der Waals surface area contributed by atoms with Gasteiger partial charge in [0, 0.05) is 11.1 Å². The van der Waals surface area contributed by atoms with E-state index in [0.29, 0.717) is 13.2 Å². The lowest BCUT2D eigenvalue weighted by Crippen LogP contribution is -2.51. The Kier molecular flexibility index (Phi) is 3.13. The summed E-state index contributed by atoms with van der Waals surface area (Å²) in [6.45, 7) is 1.32. The molecule has 3 heterocycles. The Balaban J connectivity index is 1.61. The van der Waals surface area contributed by atoms with E-state index in [1.165, 1.54) is 0 Å². The highest BCUT2D eigenvalue weighted by Crippen LogP contribution is 2.46. The van der Waals surface area contributed by atoms with E-state index in [4.69, 9.17) is 9.47 Å². The third-order valence-corrected chi connectivity index (χ3v) is 5.42. The lowest BCUT2D eigenvalue weighted by atomic mass is 9.86. The molecule has 0 saturated carbocycles. The summed E-state index contributed by atoms with van der Waals surface area (Å²) in [5.41, 5.74) is 1.93. The summed E-state index contributed by atoms with van der Waals surface area (Å²) in [6, 6.07) is 16.2. The normalized spacial score (nSPS) is 24.9. The largest absolute Gasteiger partial charge is 0.457 e. The number of rotatable bonds is 1. The fourth-order valence-electron chi connectivity index (χ4n) is 4.31. The Morgan fingerprint density at radius 1 is 0.875 bits per heavy atom. The van der Waals surface area contributed by atoms with Crippen LogP contribution in [0.4, 0.5) is 0 Å². The van der Waals surface area contributed by atoms with Gasteiger partial charge < -0.3 is 14.4 Å². The quantitative estimate of drug-likeness (QED) is 0.809. The molecule has 0 aliphatic carbocycles. The fourth-order valence-corrected chi connectivity index (χ4v) is 4.31. The summed E-state index contributed by atoms with van der Waals surface area (Å²) in [5.74, 6) is 1.48. The van der Waals surface area contributed by atoms with E-state index >= 15 is 0 Å². The monoisotopic (exact) mass is 321 g/mol. The van der Waals surface area contributed by atoms with Crippen LogP contribution in [0.15, 0.2) is 48.5 Å². The number of ether oxygens (including phenoxy) is 2. The van der Waals surface area contributed by atoms with Gasteiger partial charge in [0.15, 0.2) is 0 Å². The van der Waals surface area contributed by atoms with Crippen molar-refractivity contribution in [1.29, 1.82) is 0 Å². The summed E-state index contributed by atoms with van der Waals surface area (Å²) in [6.07, 6.45) is 2.09. The van der Waals surface area contributed by atoms with Crippen LogP contribution in [0, 0.1) is 0 Å². The van der Waals surface area contributed by atoms with Gasteiger partial charge in [-0.15, -0.1) is 0 Å². The van der Waals surface area contributed by atoms with Gasteiger partial charge in [0.25, 0.3) is 0 Å². The third-order valence-electron chi connectivity index (χ3n) is 5.42. The SMILES string of the molecule is O=C(C1c2ccccc2Oc2ccccc21)N1C2CCC1COC2. The summed E-state index contributed by atoms with van der Waals surface area (Å²) < 4.78 is 11.7. The predicted molar refractivity (Wildman–Crippen MR) is 89.3 cm³/mol. The highest BCUT2D eigenvalue weighted by molar-refractivity contribution is 5.90. The minimum Gasteiger partial charge on any atom is -0.457 e. The molecule has 0 spiro atoms. The van der Waals surface area contributed by atoms with E-state index in [0.717, 1.165) is 35.5 Å². The second-order valence-corrected chi connectivity index (χ2v) is 6.78. The Labute approximate surface area is 141 Å². The van der Waals surface area contributed by atoms with Crippen LogP contribution in [0.1, 0.15) is 29.9 Å². The van der Waals surface area contributed by atoms with Crippen molar-refractivity contribution in [1.82, 2.24) is 4.90 Å². The Hall–Kier alpha value is -2.33. The van der Waals surface area contributed by atoms with Gasteiger partial charge in [-0.1, -0.05) is 36.4 Å². The van der Waals surface area contributed by atoms with E-state index < -0.39 is 0 Å². The number of fused-ring (bicyclic) bond motifs is 4. The first kappa shape index (κ1) is 14.1. The average Bonchev–Trinajstić information content (AvgIpc) is 2.87. The van der Waals surface area contributed by atoms with Crippen molar-refractivity contribution < 1.29 is 14.3 Å². The zero-order valence-electron chi connectivity index (χ0n) is 13.4. The average molecular weight is 321 g/mol. The predicted octanol–water partition coefficient (Wildman–Crippen LogP) is 3.31. The molecular formula is C20H19NO3. The van der Waals surface area contributed by atoms with Gasteiger partial charge in [-0.2, -0.15) is 0 Å². The molecule has 3 aliphatic rings. The van der Waals surface area contributed by atoms with Crippen LogP contribution in [-0.4, -0.2) is 36.1 Å². The van der Waals surface area contributed by atoms with Gasteiger partial charge in [-0.05, 0) is 25.0 Å². The molecule has 4 nitrogen and oxygen atoms in total. The van der Waals surface area contributed by atoms with Gasteiger partial charge in [0.05, 0.1) is 31.2 Å². The van der Waals surface area contributed by atoms with E-state index in [9.17, 15) is 4.79 Å².